The molecule has 0 aliphatic heterocycles. The minimum absolute atomic E-state index is 0.136. The summed E-state index contributed by atoms with van der Waals surface area (Å²) < 4.78 is 4.62. The van der Waals surface area contributed by atoms with Gasteiger partial charge in [0.05, 0.1) is 6.61 Å². The SMILES string of the molecule is CCOC(=O)[C@H](C)/C(N)=N/O. The van der Waals surface area contributed by atoms with Crippen LogP contribution in [-0.4, -0.2) is 23.6 Å². The van der Waals surface area contributed by atoms with Gasteiger partial charge in [0.15, 0.2) is 5.84 Å². The van der Waals surface area contributed by atoms with Crippen molar-refractivity contribution >= 4 is 11.8 Å². The second-order valence-corrected chi connectivity index (χ2v) is 2.00. The van der Waals surface area contributed by atoms with Crippen LogP contribution in [0.4, 0.5) is 0 Å². The van der Waals surface area contributed by atoms with Crippen molar-refractivity contribution in [2.24, 2.45) is 16.8 Å². The Morgan fingerprint density at radius 3 is 2.73 bits per heavy atom. The highest BCUT2D eigenvalue weighted by Crippen LogP contribution is 1.97. The van der Waals surface area contributed by atoms with Gasteiger partial charge < -0.3 is 15.7 Å². The van der Waals surface area contributed by atoms with Crippen LogP contribution in [0.15, 0.2) is 5.16 Å². The molecular weight excluding hydrogens is 148 g/mol. The molecule has 0 radical (unpaired) electrons. The van der Waals surface area contributed by atoms with Crippen LogP contribution >= 0.6 is 0 Å². The van der Waals surface area contributed by atoms with E-state index in [0.29, 0.717) is 6.61 Å². The van der Waals surface area contributed by atoms with E-state index in [-0.39, 0.29) is 5.84 Å². The lowest BCUT2D eigenvalue weighted by Gasteiger charge is -2.07. The number of carbonyl (C=O) groups is 1. The van der Waals surface area contributed by atoms with Gasteiger partial charge in [-0.3, -0.25) is 4.79 Å². The van der Waals surface area contributed by atoms with Gasteiger partial charge in [-0.1, -0.05) is 5.16 Å². The van der Waals surface area contributed by atoms with E-state index < -0.39 is 11.9 Å². The third kappa shape index (κ3) is 2.88. The molecule has 0 amide bonds. The average molecular weight is 160 g/mol. The van der Waals surface area contributed by atoms with Crippen molar-refractivity contribution in [2.75, 3.05) is 6.61 Å². The van der Waals surface area contributed by atoms with E-state index in [0.717, 1.165) is 0 Å². The van der Waals surface area contributed by atoms with Crippen LogP contribution in [0.5, 0.6) is 0 Å². The number of rotatable bonds is 3. The summed E-state index contributed by atoms with van der Waals surface area (Å²) in [7, 11) is 0. The summed E-state index contributed by atoms with van der Waals surface area (Å²) in [6.07, 6.45) is 0. The van der Waals surface area contributed by atoms with Crippen molar-refractivity contribution in [3.8, 4) is 0 Å². The molecule has 0 aliphatic rings. The highest BCUT2D eigenvalue weighted by molar-refractivity contribution is 5.99. The van der Waals surface area contributed by atoms with E-state index in [1.54, 1.807) is 6.92 Å². The van der Waals surface area contributed by atoms with Gasteiger partial charge in [0.1, 0.15) is 5.92 Å². The predicted octanol–water partition coefficient (Wildman–Crippen LogP) is -0.0680. The highest BCUT2D eigenvalue weighted by atomic mass is 16.5. The first-order chi connectivity index (χ1) is 5.13. The number of oxime groups is 1. The molecular formula is C6H12N2O3. The normalized spacial score (nSPS) is 14.2. The molecule has 0 fully saturated rings. The van der Waals surface area contributed by atoms with Crippen molar-refractivity contribution in [2.45, 2.75) is 13.8 Å². The van der Waals surface area contributed by atoms with E-state index in [1.165, 1.54) is 6.92 Å². The summed E-state index contributed by atoms with van der Waals surface area (Å²) in [5.74, 6) is -1.30. The van der Waals surface area contributed by atoms with Crippen molar-refractivity contribution in [3.63, 3.8) is 0 Å². The van der Waals surface area contributed by atoms with Crippen molar-refractivity contribution in [3.05, 3.63) is 0 Å². The molecule has 64 valence electrons. The molecule has 0 aromatic heterocycles. The lowest BCUT2D eigenvalue weighted by molar-refractivity contribution is -0.145. The molecule has 3 N–H and O–H groups in total. The van der Waals surface area contributed by atoms with Gasteiger partial charge in [-0.2, -0.15) is 0 Å². The minimum Gasteiger partial charge on any atom is -0.465 e. The Kier molecular flexibility index (Phi) is 4.02. The van der Waals surface area contributed by atoms with Crippen LogP contribution in [0.2, 0.25) is 0 Å². The van der Waals surface area contributed by atoms with Gasteiger partial charge in [0, 0.05) is 0 Å². The number of esters is 1. The maximum absolute atomic E-state index is 10.8. The molecule has 0 bridgehead atoms. The van der Waals surface area contributed by atoms with Crippen LogP contribution in [0, 0.1) is 5.92 Å². The fourth-order valence-electron chi connectivity index (χ4n) is 0.475. The number of ether oxygens (including phenoxy) is 1. The number of carbonyl (C=O) groups excluding carboxylic acids is 1. The van der Waals surface area contributed by atoms with Crippen molar-refractivity contribution in [1.29, 1.82) is 0 Å². The molecule has 5 nitrogen and oxygen atoms in total. The lowest BCUT2D eigenvalue weighted by atomic mass is 10.2. The standard InChI is InChI=1S/C6H12N2O3/c1-3-11-6(9)4(2)5(7)8-10/h4,10H,3H2,1-2H3,(H2,7,8)/t4-/m1/s1. The molecule has 0 saturated carbocycles. The summed E-state index contributed by atoms with van der Waals surface area (Å²) >= 11 is 0. The number of hydrogen-bond donors (Lipinski definition) is 2. The topological polar surface area (TPSA) is 84.9 Å². The molecule has 0 rings (SSSR count). The Morgan fingerprint density at radius 1 is 1.82 bits per heavy atom. The second-order valence-electron chi connectivity index (χ2n) is 2.00. The minimum atomic E-state index is -0.681. The fourth-order valence-corrected chi connectivity index (χ4v) is 0.475. The molecule has 0 spiro atoms. The third-order valence-corrected chi connectivity index (χ3v) is 1.20. The van der Waals surface area contributed by atoms with Gasteiger partial charge in [-0.15, -0.1) is 0 Å². The van der Waals surface area contributed by atoms with Crippen LogP contribution < -0.4 is 5.73 Å². The summed E-state index contributed by atoms with van der Waals surface area (Å²) in [5.41, 5.74) is 5.15. The second kappa shape index (κ2) is 4.54. The van der Waals surface area contributed by atoms with Crippen LogP contribution in [-0.2, 0) is 9.53 Å². The molecule has 0 aliphatic carbocycles. The Labute approximate surface area is 64.8 Å². The van der Waals surface area contributed by atoms with E-state index >= 15 is 0 Å². The van der Waals surface area contributed by atoms with E-state index in [4.69, 9.17) is 10.9 Å². The summed E-state index contributed by atoms with van der Waals surface area (Å²) in [6, 6.07) is 0. The van der Waals surface area contributed by atoms with Crippen molar-refractivity contribution < 1.29 is 14.7 Å². The van der Waals surface area contributed by atoms with Gasteiger partial charge >= 0.3 is 5.97 Å². The molecule has 0 heterocycles. The van der Waals surface area contributed by atoms with Gasteiger partial charge in [-0.25, -0.2) is 0 Å². The molecule has 0 saturated heterocycles. The Hall–Kier alpha value is -1.26. The zero-order chi connectivity index (χ0) is 8.85. The molecule has 0 unspecified atom stereocenters. The Bertz CT molecular complexity index is 167. The zero-order valence-electron chi connectivity index (χ0n) is 6.57. The first-order valence-corrected chi connectivity index (χ1v) is 3.27. The number of amidine groups is 1. The largest absolute Gasteiger partial charge is 0.465 e. The highest BCUT2D eigenvalue weighted by Gasteiger charge is 2.17. The molecule has 0 aromatic rings. The molecule has 0 aromatic carbocycles. The first-order valence-electron chi connectivity index (χ1n) is 3.27. The number of hydrogen-bond acceptors (Lipinski definition) is 4. The maximum Gasteiger partial charge on any atom is 0.316 e. The number of nitrogens with two attached hydrogens (primary N) is 1. The maximum atomic E-state index is 10.8. The Morgan fingerprint density at radius 2 is 2.36 bits per heavy atom. The molecule has 11 heavy (non-hydrogen) atoms. The predicted molar refractivity (Wildman–Crippen MR) is 39.2 cm³/mol. The molecule has 1 atom stereocenters. The van der Waals surface area contributed by atoms with Gasteiger partial charge in [0.25, 0.3) is 0 Å². The first kappa shape index (κ1) is 9.74. The van der Waals surface area contributed by atoms with Gasteiger partial charge in [-0.05, 0) is 13.8 Å². The van der Waals surface area contributed by atoms with E-state index in [2.05, 4.69) is 9.89 Å². The summed E-state index contributed by atoms with van der Waals surface area (Å²) in [5, 5.41) is 10.9. The van der Waals surface area contributed by atoms with Crippen LogP contribution in [0.3, 0.4) is 0 Å². The average Bonchev–Trinajstić information content (AvgIpc) is 2.02. The fraction of sp³-hybridized carbons (Fsp3) is 0.667. The monoisotopic (exact) mass is 160 g/mol. The summed E-state index contributed by atoms with van der Waals surface area (Å²) in [6.45, 7) is 3.49. The van der Waals surface area contributed by atoms with E-state index in [9.17, 15) is 4.79 Å². The quantitative estimate of drug-likeness (QED) is 0.199. The number of nitrogens with zero attached hydrogens (tertiary/aromatic N) is 1. The smallest absolute Gasteiger partial charge is 0.316 e. The van der Waals surface area contributed by atoms with Crippen LogP contribution in [0.25, 0.3) is 0 Å². The Balaban J connectivity index is 4.02. The van der Waals surface area contributed by atoms with Crippen LogP contribution in [0.1, 0.15) is 13.8 Å². The lowest BCUT2D eigenvalue weighted by Crippen LogP contribution is -2.29. The summed E-state index contributed by atoms with van der Waals surface area (Å²) in [4.78, 5) is 10.8. The van der Waals surface area contributed by atoms with Crippen molar-refractivity contribution in [1.82, 2.24) is 0 Å². The third-order valence-electron chi connectivity index (χ3n) is 1.20. The van der Waals surface area contributed by atoms with Gasteiger partial charge in [0.2, 0.25) is 0 Å². The zero-order valence-corrected chi connectivity index (χ0v) is 6.57. The van der Waals surface area contributed by atoms with E-state index in [1.807, 2.05) is 0 Å². The molecule has 5 heteroatoms.